The molecule has 0 aromatic carbocycles. The summed E-state index contributed by atoms with van der Waals surface area (Å²) >= 11 is 0. The summed E-state index contributed by atoms with van der Waals surface area (Å²) in [6.45, 7) is 3.78. The molecule has 0 unspecified atom stereocenters. The van der Waals surface area contributed by atoms with Gasteiger partial charge in [-0.2, -0.15) is 0 Å². The minimum Gasteiger partial charge on any atom is -0.480 e. The molecule has 0 saturated carbocycles. The number of carbonyl (C=O) groups excluding carboxylic acids is 2. The number of nitrogens with one attached hydrogen (secondary N) is 2. The zero-order valence-electron chi connectivity index (χ0n) is 8.38. The molecule has 0 saturated heterocycles. The quantitative estimate of drug-likeness (QED) is 0.550. The molecule has 6 heteroatoms. The lowest BCUT2D eigenvalue weighted by Gasteiger charge is -2.20. The lowest BCUT2D eigenvalue weighted by Crippen LogP contribution is -2.52. The minimum atomic E-state index is -1.32. The molecule has 14 heavy (non-hydrogen) atoms. The number of carbonyl (C=O) groups is 3. The molecule has 80 valence electrons. The summed E-state index contributed by atoms with van der Waals surface area (Å²) in [5.74, 6) is -2.01. The van der Waals surface area contributed by atoms with E-state index in [1.807, 2.05) is 0 Å². The molecule has 0 bridgehead atoms. The van der Waals surface area contributed by atoms with Crippen molar-refractivity contribution in [1.82, 2.24) is 10.6 Å². The Morgan fingerprint density at radius 1 is 1.29 bits per heavy atom. The van der Waals surface area contributed by atoms with Crippen molar-refractivity contribution in [3.63, 3.8) is 0 Å². The molecule has 0 aromatic heterocycles. The topological polar surface area (TPSA) is 95.5 Å². The smallest absolute Gasteiger partial charge is 0.328 e. The number of carboxylic acids is 1. The Balaban J connectivity index is 4.06. The van der Waals surface area contributed by atoms with Gasteiger partial charge < -0.3 is 15.7 Å². The second-order valence-electron chi connectivity index (χ2n) is 3.39. The third-order valence-electron chi connectivity index (χ3n) is 1.48. The van der Waals surface area contributed by atoms with Crippen molar-refractivity contribution in [3.05, 3.63) is 0 Å². The Labute approximate surface area is 81.7 Å². The van der Waals surface area contributed by atoms with Crippen LogP contribution in [0.25, 0.3) is 0 Å². The van der Waals surface area contributed by atoms with Gasteiger partial charge in [0.15, 0.2) is 0 Å². The van der Waals surface area contributed by atoms with Crippen LogP contribution in [0.3, 0.4) is 0 Å². The van der Waals surface area contributed by atoms with Crippen molar-refractivity contribution in [1.29, 1.82) is 0 Å². The summed E-state index contributed by atoms with van der Waals surface area (Å²) in [6.07, 6.45) is 0. The molecule has 0 aromatic rings. The molecule has 0 spiro atoms. The van der Waals surface area contributed by atoms with Gasteiger partial charge >= 0.3 is 5.97 Å². The Hall–Kier alpha value is -1.59. The van der Waals surface area contributed by atoms with Gasteiger partial charge in [0.25, 0.3) is 0 Å². The fourth-order valence-electron chi connectivity index (χ4n) is 0.651. The highest BCUT2D eigenvalue weighted by atomic mass is 16.4. The molecule has 0 heterocycles. The van der Waals surface area contributed by atoms with E-state index in [1.165, 1.54) is 20.8 Å². The highest BCUT2D eigenvalue weighted by Crippen LogP contribution is 2.00. The lowest BCUT2D eigenvalue weighted by molar-refractivity contribution is -0.145. The summed E-state index contributed by atoms with van der Waals surface area (Å²) in [6, 6.07) is 0. The standard InChI is InChI=1S/C8H14N2O4/c1-5(11)9-4-6(12)10-8(2,3)7(13)14/h4H2,1-3H3,(H,9,11)(H,10,12)(H,13,14). The summed E-state index contributed by atoms with van der Waals surface area (Å²) in [4.78, 5) is 32.1. The summed E-state index contributed by atoms with van der Waals surface area (Å²) in [7, 11) is 0. The van der Waals surface area contributed by atoms with Gasteiger partial charge in [-0.05, 0) is 13.8 Å². The molecular formula is C8H14N2O4. The van der Waals surface area contributed by atoms with E-state index in [2.05, 4.69) is 10.6 Å². The van der Waals surface area contributed by atoms with Crippen LogP contribution in [0.4, 0.5) is 0 Å². The summed E-state index contributed by atoms with van der Waals surface area (Å²) in [5, 5.41) is 13.2. The number of hydrogen-bond donors (Lipinski definition) is 3. The van der Waals surface area contributed by atoms with Gasteiger partial charge in [-0.25, -0.2) is 4.79 Å². The average Bonchev–Trinajstić information content (AvgIpc) is 1.99. The van der Waals surface area contributed by atoms with Crippen LogP contribution in [0.5, 0.6) is 0 Å². The maximum absolute atomic E-state index is 11.1. The van der Waals surface area contributed by atoms with Gasteiger partial charge in [-0.15, -0.1) is 0 Å². The van der Waals surface area contributed by atoms with E-state index in [0.29, 0.717) is 0 Å². The molecule has 2 amide bonds. The van der Waals surface area contributed by atoms with Crippen molar-refractivity contribution >= 4 is 17.8 Å². The van der Waals surface area contributed by atoms with Gasteiger partial charge in [0.2, 0.25) is 11.8 Å². The van der Waals surface area contributed by atoms with Gasteiger partial charge in [0, 0.05) is 6.92 Å². The van der Waals surface area contributed by atoms with Gasteiger partial charge in [0.05, 0.1) is 6.54 Å². The maximum Gasteiger partial charge on any atom is 0.328 e. The maximum atomic E-state index is 11.1. The van der Waals surface area contributed by atoms with Crippen LogP contribution in [0.1, 0.15) is 20.8 Å². The second-order valence-corrected chi connectivity index (χ2v) is 3.39. The van der Waals surface area contributed by atoms with Crippen LogP contribution in [0.15, 0.2) is 0 Å². The predicted octanol–water partition coefficient (Wildman–Crippen LogP) is -0.898. The highest BCUT2D eigenvalue weighted by Gasteiger charge is 2.28. The Morgan fingerprint density at radius 2 is 1.79 bits per heavy atom. The molecular weight excluding hydrogens is 188 g/mol. The van der Waals surface area contributed by atoms with E-state index in [-0.39, 0.29) is 12.5 Å². The van der Waals surface area contributed by atoms with Crippen LogP contribution < -0.4 is 10.6 Å². The first-order chi connectivity index (χ1) is 6.25. The van der Waals surface area contributed by atoms with Gasteiger partial charge in [-0.3, -0.25) is 9.59 Å². The number of hydrogen-bond acceptors (Lipinski definition) is 3. The first-order valence-corrected chi connectivity index (χ1v) is 4.04. The zero-order chi connectivity index (χ0) is 11.4. The Kier molecular flexibility index (Phi) is 4.07. The fraction of sp³-hybridized carbons (Fsp3) is 0.625. The SMILES string of the molecule is CC(=O)NCC(=O)NC(C)(C)C(=O)O. The van der Waals surface area contributed by atoms with Crippen LogP contribution >= 0.6 is 0 Å². The third-order valence-corrected chi connectivity index (χ3v) is 1.48. The Morgan fingerprint density at radius 3 is 2.14 bits per heavy atom. The molecule has 0 rings (SSSR count). The monoisotopic (exact) mass is 202 g/mol. The van der Waals surface area contributed by atoms with E-state index < -0.39 is 17.4 Å². The zero-order valence-corrected chi connectivity index (χ0v) is 8.38. The first kappa shape index (κ1) is 12.4. The van der Waals surface area contributed by atoms with E-state index >= 15 is 0 Å². The largest absolute Gasteiger partial charge is 0.480 e. The van der Waals surface area contributed by atoms with Crippen LogP contribution in [-0.4, -0.2) is 35.0 Å². The number of amides is 2. The highest BCUT2D eigenvalue weighted by molar-refractivity contribution is 5.89. The van der Waals surface area contributed by atoms with Gasteiger partial charge in [0.1, 0.15) is 5.54 Å². The molecule has 0 radical (unpaired) electrons. The summed E-state index contributed by atoms with van der Waals surface area (Å²) < 4.78 is 0. The average molecular weight is 202 g/mol. The molecule has 0 atom stereocenters. The van der Waals surface area contributed by atoms with E-state index in [0.717, 1.165) is 0 Å². The summed E-state index contributed by atoms with van der Waals surface area (Å²) in [5.41, 5.74) is -1.32. The van der Waals surface area contributed by atoms with E-state index in [4.69, 9.17) is 5.11 Å². The number of aliphatic carboxylic acids is 1. The van der Waals surface area contributed by atoms with Crippen molar-refractivity contribution in [2.24, 2.45) is 0 Å². The predicted molar refractivity (Wildman–Crippen MR) is 48.5 cm³/mol. The van der Waals surface area contributed by atoms with Gasteiger partial charge in [-0.1, -0.05) is 0 Å². The third kappa shape index (κ3) is 4.44. The molecule has 0 fully saturated rings. The fourth-order valence-corrected chi connectivity index (χ4v) is 0.651. The van der Waals surface area contributed by atoms with Crippen LogP contribution in [-0.2, 0) is 14.4 Å². The van der Waals surface area contributed by atoms with Crippen molar-refractivity contribution in [2.45, 2.75) is 26.3 Å². The normalized spacial score (nSPS) is 10.5. The van der Waals surface area contributed by atoms with Crippen molar-refractivity contribution < 1.29 is 19.5 Å². The van der Waals surface area contributed by atoms with Crippen LogP contribution in [0.2, 0.25) is 0 Å². The molecule has 0 aliphatic rings. The first-order valence-electron chi connectivity index (χ1n) is 4.04. The number of carboxylic acid groups (broad SMARTS) is 1. The van der Waals surface area contributed by atoms with Crippen LogP contribution in [0, 0.1) is 0 Å². The molecule has 6 nitrogen and oxygen atoms in total. The Bertz CT molecular complexity index is 260. The van der Waals surface area contributed by atoms with Crippen molar-refractivity contribution in [3.8, 4) is 0 Å². The molecule has 3 N–H and O–H groups in total. The van der Waals surface area contributed by atoms with E-state index in [9.17, 15) is 14.4 Å². The molecule has 0 aliphatic carbocycles. The second kappa shape index (κ2) is 4.59. The van der Waals surface area contributed by atoms with E-state index in [1.54, 1.807) is 0 Å². The minimum absolute atomic E-state index is 0.216. The molecule has 0 aliphatic heterocycles. The van der Waals surface area contributed by atoms with Crippen molar-refractivity contribution in [2.75, 3.05) is 6.54 Å². The number of rotatable bonds is 4. The lowest BCUT2D eigenvalue weighted by atomic mass is 10.1.